The Balaban J connectivity index is 3.22. The van der Waals surface area contributed by atoms with Crippen LogP contribution in [0, 0.1) is 5.92 Å². The molecule has 0 heterocycles. The van der Waals surface area contributed by atoms with E-state index < -0.39 is 0 Å². The fourth-order valence-corrected chi connectivity index (χ4v) is 4.33. The second-order valence-corrected chi connectivity index (χ2v) is 10.9. The van der Waals surface area contributed by atoms with Crippen molar-refractivity contribution >= 4 is 11.9 Å². The number of rotatable bonds is 36. The van der Waals surface area contributed by atoms with Gasteiger partial charge in [0.15, 0.2) is 0 Å². The maximum Gasteiger partial charge on any atom is 0.308 e. The number of hydrogen-bond acceptors (Lipinski definition) is 10. The van der Waals surface area contributed by atoms with E-state index in [4.69, 9.17) is 37.9 Å². The van der Waals surface area contributed by atoms with Gasteiger partial charge >= 0.3 is 11.9 Å². The van der Waals surface area contributed by atoms with Gasteiger partial charge in [-0.25, -0.2) is 0 Å². The van der Waals surface area contributed by atoms with Gasteiger partial charge < -0.3 is 37.9 Å². The van der Waals surface area contributed by atoms with E-state index >= 15 is 0 Å². The number of carbonyl (C=O) groups is 2. The molecule has 0 N–H and O–H groups in total. The fourth-order valence-electron chi connectivity index (χ4n) is 4.33. The predicted molar refractivity (Wildman–Crippen MR) is 172 cm³/mol. The summed E-state index contributed by atoms with van der Waals surface area (Å²) < 4.78 is 43.3. The molecule has 0 bridgehead atoms. The van der Waals surface area contributed by atoms with Crippen LogP contribution in [0.2, 0.25) is 0 Å². The minimum Gasteiger partial charge on any atom is -0.463 e. The standard InChI is InChI=1S/C34H66O10/c1-4-7-9-10-11-12-13-14-15-17-33(35)43-30-28-41-26-24-39-22-20-37-18-19-38-21-23-40-25-27-42-29-31-44-34(36)32(6-3)16-8-5-2/h32H,4-31H2,1-3H3. The molecular formula is C34H66O10. The Bertz CT molecular complexity index is 605. The lowest BCUT2D eigenvalue weighted by Gasteiger charge is -2.13. The van der Waals surface area contributed by atoms with Crippen LogP contribution in [0.5, 0.6) is 0 Å². The van der Waals surface area contributed by atoms with Crippen molar-refractivity contribution in [1.82, 2.24) is 0 Å². The van der Waals surface area contributed by atoms with Crippen LogP contribution in [0.15, 0.2) is 0 Å². The highest BCUT2D eigenvalue weighted by atomic mass is 16.6. The number of esters is 2. The molecule has 0 aliphatic rings. The van der Waals surface area contributed by atoms with Crippen molar-refractivity contribution in [2.75, 3.05) is 92.5 Å². The summed E-state index contributed by atoms with van der Waals surface area (Å²) in [7, 11) is 0. The van der Waals surface area contributed by atoms with E-state index in [1.54, 1.807) is 0 Å². The number of ether oxygens (including phenoxy) is 8. The normalized spacial score (nSPS) is 12.0. The molecule has 0 aromatic carbocycles. The number of unbranched alkanes of at least 4 members (excludes halogenated alkanes) is 9. The van der Waals surface area contributed by atoms with Crippen molar-refractivity contribution in [2.45, 2.75) is 111 Å². The molecule has 1 atom stereocenters. The highest BCUT2D eigenvalue weighted by Crippen LogP contribution is 2.14. The minimum atomic E-state index is -0.137. The molecule has 10 heteroatoms. The molecule has 10 nitrogen and oxygen atoms in total. The van der Waals surface area contributed by atoms with Gasteiger partial charge in [0.25, 0.3) is 0 Å². The summed E-state index contributed by atoms with van der Waals surface area (Å²) in [6.07, 6.45) is 15.4. The molecule has 0 rings (SSSR count). The van der Waals surface area contributed by atoms with Crippen LogP contribution in [-0.2, 0) is 47.5 Å². The lowest BCUT2D eigenvalue weighted by Crippen LogP contribution is -2.20. The smallest absolute Gasteiger partial charge is 0.308 e. The Kier molecular flexibility index (Phi) is 35.1. The quantitative estimate of drug-likeness (QED) is 0.0575. The van der Waals surface area contributed by atoms with Crippen LogP contribution in [0.4, 0.5) is 0 Å². The zero-order valence-corrected chi connectivity index (χ0v) is 28.5. The molecular weight excluding hydrogens is 568 g/mol. The topological polar surface area (TPSA) is 108 Å². The Labute approximate surface area is 268 Å². The first-order valence-electron chi connectivity index (χ1n) is 17.4. The SMILES string of the molecule is CCCCCCCCCCCC(=O)OCCOCCOCCOCCOCCOCCOCCOC(=O)C(CC)CCCC. The van der Waals surface area contributed by atoms with Gasteiger partial charge in [-0.2, -0.15) is 0 Å². The highest BCUT2D eigenvalue weighted by molar-refractivity contribution is 5.72. The van der Waals surface area contributed by atoms with E-state index in [1.807, 2.05) is 6.92 Å². The fraction of sp³-hybridized carbons (Fsp3) is 0.941. The number of hydrogen-bond donors (Lipinski definition) is 0. The molecule has 1 unspecified atom stereocenters. The van der Waals surface area contributed by atoms with Gasteiger partial charge in [0, 0.05) is 6.42 Å². The molecule has 0 aliphatic carbocycles. The van der Waals surface area contributed by atoms with Crippen molar-refractivity contribution in [1.29, 1.82) is 0 Å². The van der Waals surface area contributed by atoms with E-state index in [2.05, 4.69) is 13.8 Å². The molecule has 0 amide bonds. The summed E-state index contributed by atoms with van der Waals surface area (Å²) in [6.45, 7) is 12.5. The summed E-state index contributed by atoms with van der Waals surface area (Å²) in [5, 5.41) is 0. The molecule has 0 aliphatic heterocycles. The summed E-state index contributed by atoms with van der Waals surface area (Å²) in [6, 6.07) is 0. The summed E-state index contributed by atoms with van der Waals surface area (Å²) in [4.78, 5) is 23.8. The second kappa shape index (κ2) is 36.2. The van der Waals surface area contributed by atoms with Gasteiger partial charge in [-0.15, -0.1) is 0 Å². The Hall–Kier alpha value is -1.30. The van der Waals surface area contributed by atoms with E-state index in [9.17, 15) is 9.59 Å². The summed E-state index contributed by atoms with van der Waals surface area (Å²) in [5.74, 6) is -0.259. The number of carbonyl (C=O) groups excluding carboxylic acids is 2. The maximum atomic E-state index is 12.0. The van der Waals surface area contributed by atoms with Crippen LogP contribution >= 0.6 is 0 Å². The Morgan fingerprint density at radius 3 is 1.20 bits per heavy atom. The predicted octanol–water partition coefficient (Wildman–Crippen LogP) is 6.31. The van der Waals surface area contributed by atoms with Gasteiger partial charge in [0.2, 0.25) is 0 Å². The van der Waals surface area contributed by atoms with Crippen LogP contribution in [-0.4, -0.2) is 104 Å². The van der Waals surface area contributed by atoms with Crippen molar-refractivity contribution in [3.05, 3.63) is 0 Å². The minimum absolute atomic E-state index is 0.00236. The van der Waals surface area contributed by atoms with E-state index in [0.29, 0.717) is 85.7 Å². The van der Waals surface area contributed by atoms with Gasteiger partial charge in [0.1, 0.15) is 13.2 Å². The van der Waals surface area contributed by atoms with Crippen LogP contribution in [0.25, 0.3) is 0 Å². The molecule has 262 valence electrons. The van der Waals surface area contributed by atoms with Gasteiger partial charge in [-0.3, -0.25) is 9.59 Å². The third-order valence-corrected chi connectivity index (χ3v) is 7.04. The molecule has 0 radical (unpaired) electrons. The van der Waals surface area contributed by atoms with Crippen molar-refractivity contribution in [3.63, 3.8) is 0 Å². The molecule has 0 aromatic heterocycles. The molecule has 0 saturated carbocycles. The van der Waals surface area contributed by atoms with Crippen molar-refractivity contribution in [3.8, 4) is 0 Å². The summed E-state index contributed by atoms with van der Waals surface area (Å²) >= 11 is 0. The third-order valence-electron chi connectivity index (χ3n) is 7.04. The lowest BCUT2D eigenvalue weighted by atomic mass is 10.00. The zero-order chi connectivity index (χ0) is 32.2. The van der Waals surface area contributed by atoms with E-state index in [0.717, 1.165) is 38.5 Å². The van der Waals surface area contributed by atoms with Crippen molar-refractivity contribution < 1.29 is 47.5 Å². The van der Waals surface area contributed by atoms with Gasteiger partial charge in [-0.1, -0.05) is 85.0 Å². The van der Waals surface area contributed by atoms with Gasteiger partial charge in [-0.05, 0) is 19.3 Å². The lowest BCUT2D eigenvalue weighted by molar-refractivity contribution is -0.150. The second-order valence-electron chi connectivity index (χ2n) is 10.9. The third kappa shape index (κ3) is 32.1. The van der Waals surface area contributed by atoms with Crippen LogP contribution in [0.3, 0.4) is 0 Å². The summed E-state index contributed by atoms with van der Waals surface area (Å²) in [5.41, 5.74) is 0. The molecule has 0 fully saturated rings. The molecule has 0 aromatic rings. The first kappa shape index (κ1) is 42.7. The largest absolute Gasteiger partial charge is 0.463 e. The Morgan fingerprint density at radius 1 is 0.432 bits per heavy atom. The van der Waals surface area contributed by atoms with Crippen LogP contribution < -0.4 is 0 Å². The average molecular weight is 635 g/mol. The first-order chi connectivity index (χ1) is 21.7. The first-order valence-corrected chi connectivity index (χ1v) is 17.4. The molecule has 0 saturated heterocycles. The maximum absolute atomic E-state index is 12.0. The Morgan fingerprint density at radius 2 is 0.795 bits per heavy atom. The van der Waals surface area contributed by atoms with E-state index in [-0.39, 0.29) is 31.1 Å². The van der Waals surface area contributed by atoms with Crippen LogP contribution in [0.1, 0.15) is 111 Å². The average Bonchev–Trinajstić information content (AvgIpc) is 3.03. The monoisotopic (exact) mass is 634 g/mol. The zero-order valence-electron chi connectivity index (χ0n) is 28.5. The van der Waals surface area contributed by atoms with E-state index in [1.165, 1.54) is 44.9 Å². The molecule has 0 spiro atoms. The molecule has 44 heavy (non-hydrogen) atoms. The highest BCUT2D eigenvalue weighted by Gasteiger charge is 2.16. The van der Waals surface area contributed by atoms with Gasteiger partial charge in [0.05, 0.1) is 85.2 Å². The van der Waals surface area contributed by atoms with Crippen molar-refractivity contribution in [2.24, 2.45) is 5.92 Å².